The van der Waals surface area contributed by atoms with Crippen LogP contribution in [0.5, 0.6) is 0 Å². The highest BCUT2D eigenvalue weighted by Gasteiger charge is 2.62. The van der Waals surface area contributed by atoms with E-state index >= 15 is 0 Å². The Morgan fingerprint density at radius 3 is 1.25 bits per heavy atom. The number of hydrogen-bond donors (Lipinski definition) is 26. The van der Waals surface area contributed by atoms with Gasteiger partial charge in [0.15, 0.2) is 29.5 Å². The Hall–Kier alpha value is -8.52. The number of H-pyrrole nitrogens is 6. The molecule has 5 saturated heterocycles. The fourth-order valence-electron chi connectivity index (χ4n) is 14.5. The summed E-state index contributed by atoms with van der Waals surface area (Å²) in [4.78, 5) is 81.1. The standard InChI is InChI=1S/2C17H23N5O8.C15H19N5O3.C12H15N5O3/c2*18-17-20-14-6(15(28)21-17)4(1-19-7-9(25)10(26)13-12(7)30-13)2-22(14)16-11(27)8(24)5(3-23)29-16;1-15(2)22-9-4-3-8(11(9)23-15)17-5-7-6-18-12-10(7)13(21)20-14(16)19-12;13-12-16-10-8(11(20)17-12)5(4-15-10)3-14-6-1-2-7(18)9(6)19/h2*2,5,7-13,16,19,23-27H,1,3H2,(H3,18,20,21,28);3-4,6,8-9,11,17H,5H2,1-2H3,(H4,16,18,19,20,21);1-2,4,6-7,9,14,18-19H,3H2,(H4,13,15,16,17,20)/t5?,7?,8?,9-,10-,11?,12-,13+,16?;5?,7-,8?,9-,10-,11?,12-,13+,16?;;6?,7-,9+/m01.1/s1. The first kappa shape index (κ1) is 71.5. The predicted octanol–water partition coefficient (Wildman–Crippen LogP) is -9.28. The van der Waals surface area contributed by atoms with Gasteiger partial charge in [-0.25, -0.2) is 0 Å². The van der Waals surface area contributed by atoms with Crippen LogP contribution in [-0.2, 0) is 54.6 Å². The fourth-order valence-corrected chi connectivity index (χ4v) is 14.5. The van der Waals surface area contributed by atoms with Crippen molar-refractivity contribution < 1.29 is 89.7 Å². The molecule has 30 N–H and O–H groups in total. The third kappa shape index (κ3) is 13.4. The number of nitrogen functional groups attached to an aromatic ring is 4. The number of anilines is 4. The number of nitrogens with zero attached hydrogens (tertiary/aromatic N) is 6. The number of aliphatic hydroxyl groups excluding tert-OH is 12. The molecule has 5 aliphatic heterocycles. The lowest BCUT2D eigenvalue weighted by molar-refractivity contribution is -0.145. The molecule has 9 aliphatic rings. The number of rotatable bonds is 16. The SMILES string of the molecule is CC1(C)OC2C=CC(NCc3c[nH]c4nc(N)[nH]c(=O)c34)C2O1.Nc1nc2[nH]cc(CNC3C=C[C@@H](O)[C@H]3O)c2c(=O)[nH]1.Nc1nc2c(c(CNC3[C@H](O)[C@H](O)[C@H]4O[C@@H]34)cn2C2OC(CO)C(O)C2O)c(=O)[nH]1.Nc1nc2c(c(CN[C@@H]3[C@@H](O)[C@@H](O)[C@@H]4O[C@H]34)cn2C2OC(CO)C(O)C2O)c(=O)[nH]1. The smallest absolute Gasteiger partial charge is 0.262 e. The number of aliphatic hydroxyl groups is 12. The highest BCUT2D eigenvalue weighted by Crippen LogP contribution is 2.42. The van der Waals surface area contributed by atoms with E-state index in [0.29, 0.717) is 46.3 Å². The summed E-state index contributed by atoms with van der Waals surface area (Å²) in [5.41, 5.74) is 24.5. The first-order valence-electron chi connectivity index (χ1n) is 32.9. The van der Waals surface area contributed by atoms with Crippen molar-refractivity contribution in [2.45, 2.75) is 192 Å². The number of aromatic amines is 6. The molecule has 8 aromatic heterocycles. The van der Waals surface area contributed by atoms with E-state index in [1.807, 2.05) is 26.0 Å². The van der Waals surface area contributed by atoms with Gasteiger partial charge in [0.1, 0.15) is 115 Å². The molecule has 0 spiro atoms. The second-order valence-electron chi connectivity index (χ2n) is 26.9. The highest BCUT2D eigenvalue weighted by molar-refractivity contribution is 5.82. The average Bonchev–Trinajstić information content (AvgIpc) is 1.59. The molecule has 2 saturated carbocycles. The lowest BCUT2D eigenvalue weighted by Crippen LogP contribution is -2.44. The molecule has 556 valence electrons. The predicted molar refractivity (Wildman–Crippen MR) is 356 cm³/mol. The van der Waals surface area contributed by atoms with Crippen LogP contribution in [0.25, 0.3) is 44.1 Å². The molecule has 13 heterocycles. The summed E-state index contributed by atoms with van der Waals surface area (Å²) in [5.74, 6) is -0.687. The molecular formula is C61H80N20O22. The van der Waals surface area contributed by atoms with Crippen LogP contribution in [0.4, 0.5) is 23.8 Å². The molecule has 4 aliphatic carbocycles. The van der Waals surface area contributed by atoms with Gasteiger partial charge in [-0.1, -0.05) is 24.3 Å². The van der Waals surface area contributed by atoms with E-state index in [-0.39, 0.29) is 107 Å². The minimum absolute atomic E-state index is 0.0321. The number of hydrogen-bond acceptors (Lipinski definition) is 34. The molecule has 17 rings (SSSR count). The maximum Gasteiger partial charge on any atom is 0.262 e. The summed E-state index contributed by atoms with van der Waals surface area (Å²) in [7, 11) is 0. The summed E-state index contributed by atoms with van der Waals surface area (Å²) in [6.45, 7) is 3.93. The number of nitrogens with one attached hydrogen (secondary N) is 10. The summed E-state index contributed by atoms with van der Waals surface area (Å²) < 4.78 is 36.3. The average molecular weight is 1450 g/mol. The first-order valence-corrected chi connectivity index (χ1v) is 32.9. The molecule has 7 fully saturated rings. The van der Waals surface area contributed by atoms with E-state index in [1.54, 1.807) is 18.5 Å². The van der Waals surface area contributed by atoms with E-state index in [9.17, 15) is 80.5 Å². The van der Waals surface area contributed by atoms with Crippen molar-refractivity contribution in [1.82, 2.24) is 80.2 Å². The van der Waals surface area contributed by atoms with Gasteiger partial charge in [-0.3, -0.25) is 39.1 Å². The molecule has 8 aromatic rings. The summed E-state index contributed by atoms with van der Waals surface area (Å²) in [6, 6.07) is -1.35. The normalized spacial score (nSPS) is 34.8. The molecule has 0 aromatic carbocycles. The zero-order valence-electron chi connectivity index (χ0n) is 54.7. The van der Waals surface area contributed by atoms with Crippen molar-refractivity contribution in [1.29, 1.82) is 0 Å². The second-order valence-corrected chi connectivity index (χ2v) is 26.9. The van der Waals surface area contributed by atoms with E-state index in [2.05, 4.69) is 71.1 Å². The Morgan fingerprint density at radius 2 is 0.854 bits per heavy atom. The van der Waals surface area contributed by atoms with Gasteiger partial charge in [0.2, 0.25) is 23.8 Å². The van der Waals surface area contributed by atoms with Crippen LogP contribution in [-0.4, -0.2) is 273 Å². The maximum absolute atomic E-state index is 12.6. The van der Waals surface area contributed by atoms with Crippen molar-refractivity contribution in [3.63, 3.8) is 0 Å². The van der Waals surface area contributed by atoms with Crippen molar-refractivity contribution in [2.24, 2.45) is 0 Å². The van der Waals surface area contributed by atoms with Crippen LogP contribution >= 0.6 is 0 Å². The molecule has 42 nitrogen and oxygen atoms in total. The van der Waals surface area contributed by atoms with Gasteiger partial charge in [0.05, 0.1) is 65.0 Å². The Balaban J connectivity index is 0.000000118. The van der Waals surface area contributed by atoms with Crippen molar-refractivity contribution in [3.05, 3.63) is 113 Å². The van der Waals surface area contributed by atoms with Crippen LogP contribution in [0, 0.1) is 0 Å². The fraction of sp³-hybridized carbons (Fsp3) is 0.541. The van der Waals surface area contributed by atoms with Gasteiger partial charge in [-0.15, -0.1) is 0 Å². The molecular weight excluding hydrogens is 1360 g/mol. The van der Waals surface area contributed by atoms with Gasteiger partial charge in [-0.2, -0.15) is 19.9 Å². The Bertz CT molecular complexity index is 4620. The Morgan fingerprint density at radius 1 is 0.447 bits per heavy atom. The van der Waals surface area contributed by atoms with Crippen LogP contribution in [0.3, 0.4) is 0 Å². The summed E-state index contributed by atoms with van der Waals surface area (Å²) in [6.07, 6.45) is -2.99. The largest absolute Gasteiger partial charge is 0.394 e. The maximum atomic E-state index is 12.6. The third-order valence-electron chi connectivity index (χ3n) is 19.7. The van der Waals surface area contributed by atoms with E-state index in [4.69, 9.17) is 51.4 Å². The monoisotopic (exact) mass is 1440 g/mol. The molecule has 0 amide bonds. The summed E-state index contributed by atoms with van der Waals surface area (Å²) >= 11 is 0. The number of ether oxygens (including phenoxy) is 6. The van der Waals surface area contributed by atoms with E-state index < -0.39 is 140 Å². The zero-order chi connectivity index (χ0) is 73.1. The lowest BCUT2D eigenvalue weighted by atomic mass is 10.1. The van der Waals surface area contributed by atoms with Crippen LogP contribution in [0.1, 0.15) is 48.6 Å². The molecule has 103 heavy (non-hydrogen) atoms. The minimum atomic E-state index is -1.37. The van der Waals surface area contributed by atoms with Gasteiger partial charge in [0.25, 0.3) is 22.2 Å². The number of fused-ring (bicyclic) bond motifs is 7. The minimum Gasteiger partial charge on any atom is -0.394 e. The molecule has 0 radical (unpaired) electrons. The van der Waals surface area contributed by atoms with Crippen LogP contribution < -0.4 is 66.4 Å². The van der Waals surface area contributed by atoms with Gasteiger partial charge in [-0.05, 0) is 36.1 Å². The zero-order valence-corrected chi connectivity index (χ0v) is 54.7. The summed E-state index contributed by atoms with van der Waals surface area (Å²) in [5, 5.41) is 133. The number of aromatic nitrogens is 12. The van der Waals surface area contributed by atoms with Gasteiger partial charge < -0.3 is 153 Å². The first-order chi connectivity index (χ1) is 49.1. The Kier molecular flexibility index (Phi) is 19.3. The highest BCUT2D eigenvalue weighted by atomic mass is 16.8. The van der Waals surface area contributed by atoms with Gasteiger partial charge in [0, 0.05) is 51.0 Å². The van der Waals surface area contributed by atoms with E-state index in [0.717, 1.165) is 11.1 Å². The molecule has 24 atom stereocenters. The molecule has 13 unspecified atom stereocenters. The topological polar surface area (TPSA) is 681 Å². The van der Waals surface area contributed by atoms with Crippen molar-refractivity contribution in [3.8, 4) is 0 Å². The number of epoxide rings is 2. The van der Waals surface area contributed by atoms with Gasteiger partial charge >= 0.3 is 0 Å². The number of nitrogens with two attached hydrogens (primary N) is 4. The van der Waals surface area contributed by atoms with Crippen LogP contribution in [0.2, 0.25) is 0 Å². The quantitative estimate of drug-likeness (QED) is 0.0315. The lowest BCUT2D eigenvalue weighted by Gasteiger charge is -2.21. The second kappa shape index (κ2) is 27.8. The van der Waals surface area contributed by atoms with Crippen molar-refractivity contribution in [2.75, 3.05) is 36.1 Å². The van der Waals surface area contributed by atoms with Crippen LogP contribution in [0.15, 0.2) is 68.3 Å². The van der Waals surface area contributed by atoms with Crippen molar-refractivity contribution >= 4 is 67.9 Å². The third-order valence-corrected chi connectivity index (χ3v) is 19.7. The Labute approximate surface area is 577 Å². The molecule has 42 heteroatoms. The molecule has 0 bridgehead atoms. The van der Waals surface area contributed by atoms with E-state index in [1.165, 1.54) is 27.6 Å².